The molecule has 0 bridgehead atoms. The summed E-state index contributed by atoms with van der Waals surface area (Å²) in [5, 5.41) is 9.56. The van der Waals surface area contributed by atoms with Gasteiger partial charge >= 0.3 is 6.18 Å². The topological polar surface area (TPSA) is 36.1 Å². The third-order valence-corrected chi connectivity index (χ3v) is 4.99. The Morgan fingerprint density at radius 1 is 1.03 bits per heavy atom. The molecule has 0 amide bonds. The van der Waals surface area contributed by atoms with Crippen LogP contribution in [0.15, 0.2) is 59.6 Å². The van der Waals surface area contributed by atoms with E-state index in [9.17, 15) is 18.4 Å². The third-order valence-electron chi connectivity index (χ3n) is 4.07. The van der Waals surface area contributed by atoms with Gasteiger partial charge in [0, 0.05) is 12.0 Å². The molecule has 2 aromatic rings. The van der Waals surface area contributed by atoms with Crippen molar-refractivity contribution in [1.29, 1.82) is 5.26 Å². The van der Waals surface area contributed by atoms with Crippen molar-refractivity contribution in [1.82, 2.24) is 0 Å². The van der Waals surface area contributed by atoms with E-state index < -0.39 is 19.8 Å². The molecule has 29 heavy (non-hydrogen) atoms. The molecule has 2 rings (SSSR count). The van der Waals surface area contributed by atoms with Gasteiger partial charge in [0.15, 0.2) is 0 Å². The monoisotopic (exact) mass is 412 g/mol. The van der Waals surface area contributed by atoms with Crippen LogP contribution < -0.4 is 0 Å². The number of halogens is 3. The molecule has 2 nitrogen and oxygen atoms in total. The molecule has 150 valence electrons. The molecule has 0 saturated heterocycles. The molecule has 0 fully saturated rings. The van der Waals surface area contributed by atoms with Crippen molar-refractivity contribution in [2.75, 3.05) is 0 Å². The van der Waals surface area contributed by atoms with Gasteiger partial charge in [-0.15, -0.1) is 11.5 Å². The number of nitriles is 1. The lowest BCUT2D eigenvalue weighted by Crippen LogP contribution is -2.16. The lowest BCUT2D eigenvalue weighted by Gasteiger charge is -2.13. The predicted octanol–water partition coefficient (Wildman–Crippen LogP) is 6.42. The normalized spacial score (nSPS) is 13.2. The van der Waals surface area contributed by atoms with E-state index in [1.807, 2.05) is 36.4 Å². The van der Waals surface area contributed by atoms with Crippen LogP contribution in [-0.4, -0.2) is 13.8 Å². The number of rotatable bonds is 5. The molecular formula is C23H23F3N2Si. The summed E-state index contributed by atoms with van der Waals surface area (Å²) in [6.07, 6.45) is -3.14. The van der Waals surface area contributed by atoms with Gasteiger partial charge in [-0.05, 0) is 24.1 Å². The Kier molecular flexibility index (Phi) is 7.42. The van der Waals surface area contributed by atoms with Crippen LogP contribution in [0.25, 0.3) is 0 Å². The van der Waals surface area contributed by atoms with Gasteiger partial charge in [0.25, 0.3) is 0 Å². The van der Waals surface area contributed by atoms with Crippen LogP contribution in [0.5, 0.6) is 0 Å². The molecule has 1 atom stereocenters. The fourth-order valence-corrected chi connectivity index (χ4v) is 3.31. The molecule has 0 heterocycles. The summed E-state index contributed by atoms with van der Waals surface area (Å²) < 4.78 is 38.4. The van der Waals surface area contributed by atoms with Crippen molar-refractivity contribution < 1.29 is 13.2 Å². The molecular weight excluding hydrogens is 389 g/mol. The molecule has 0 saturated carbocycles. The van der Waals surface area contributed by atoms with Crippen LogP contribution >= 0.6 is 0 Å². The lowest BCUT2D eigenvalue weighted by atomic mass is 10.0. The van der Waals surface area contributed by atoms with Gasteiger partial charge in [-0.1, -0.05) is 62.1 Å². The van der Waals surface area contributed by atoms with Crippen LogP contribution in [-0.2, 0) is 6.18 Å². The maximum Gasteiger partial charge on any atom is 0.416 e. The first-order chi connectivity index (χ1) is 13.6. The zero-order chi connectivity index (χ0) is 21.5. The Hall–Kier alpha value is -2.83. The highest BCUT2D eigenvalue weighted by atomic mass is 28.3. The lowest BCUT2D eigenvalue weighted by molar-refractivity contribution is -0.137. The second-order valence-corrected chi connectivity index (χ2v) is 12.4. The van der Waals surface area contributed by atoms with Crippen LogP contribution in [0.3, 0.4) is 0 Å². The average molecular weight is 413 g/mol. The first-order valence-corrected chi connectivity index (χ1v) is 12.8. The van der Waals surface area contributed by atoms with Crippen molar-refractivity contribution >= 4 is 13.8 Å². The quantitative estimate of drug-likeness (QED) is 0.317. The van der Waals surface area contributed by atoms with Gasteiger partial charge in [-0.3, -0.25) is 4.99 Å². The SMILES string of the molecule is C[Si](C)(C)C#CCC[C@@H](/N=C(\C#N)c1ccc(C(F)(F)F)cc1)c1ccccc1. The Morgan fingerprint density at radius 3 is 2.17 bits per heavy atom. The summed E-state index contributed by atoms with van der Waals surface area (Å²) in [5.74, 6) is 3.22. The van der Waals surface area contributed by atoms with Gasteiger partial charge in [-0.2, -0.15) is 18.4 Å². The van der Waals surface area contributed by atoms with E-state index in [0.29, 0.717) is 18.4 Å². The van der Waals surface area contributed by atoms with E-state index in [4.69, 9.17) is 0 Å². The Morgan fingerprint density at radius 2 is 1.66 bits per heavy atom. The van der Waals surface area contributed by atoms with Crippen molar-refractivity contribution in [2.24, 2.45) is 4.99 Å². The van der Waals surface area contributed by atoms with Gasteiger partial charge < -0.3 is 0 Å². The van der Waals surface area contributed by atoms with E-state index in [0.717, 1.165) is 17.7 Å². The van der Waals surface area contributed by atoms with Crippen LogP contribution in [0.2, 0.25) is 19.6 Å². The molecule has 0 aliphatic heterocycles. The maximum absolute atomic E-state index is 12.8. The second-order valence-electron chi connectivity index (χ2n) is 7.68. The largest absolute Gasteiger partial charge is 0.416 e. The molecule has 2 aromatic carbocycles. The first-order valence-electron chi connectivity index (χ1n) is 9.30. The molecule has 0 aliphatic carbocycles. The standard InChI is InChI=1S/C23H23F3N2Si/c1-29(2,3)16-8-7-11-21(18-9-5-4-6-10-18)28-22(17-27)19-12-14-20(15-13-19)23(24,25)26/h4-6,9-10,12-15,21H,7,11H2,1-3H3/b28-22+/t21-/m1/s1. The van der Waals surface area contributed by atoms with E-state index in [2.05, 4.69) is 36.1 Å². The first kappa shape index (κ1) is 22.5. The number of benzene rings is 2. The number of alkyl halides is 3. The highest BCUT2D eigenvalue weighted by molar-refractivity contribution is 6.83. The zero-order valence-electron chi connectivity index (χ0n) is 16.7. The summed E-state index contributed by atoms with van der Waals surface area (Å²) in [7, 11) is -1.46. The van der Waals surface area contributed by atoms with Crippen molar-refractivity contribution in [3.8, 4) is 17.5 Å². The van der Waals surface area contributed by atoms with E-state index >= 15 is 0 Å². The number of hydrogen-bond donors (Lipinski definition) is 0. The van der Waals surface area contributed by atoms with Gasteiger partial charge in [0.1, 0.15) is 19.9 Å². The maximum atomic E-state index is 12.8. The number of nitrogens with zero attached hydrogens (tertiary/aromatic N) is 2. The van der Waals surface area contributed by atoms with Crippen molar-refractivity contribution in [3.05, 3.63) is 71.3 Å². The second kappa shape index (κ2) is 9.58. The van der Waals surface area contributed by atoms with E-state index in [1.165, 1.54) is 12.1 Å². The summed E-state index contributed by atoms with van der Waals surface area (Å²) in [5.41, 5.74) is 4.00. The third kappa shape index (κ3) is 7.25. The van der Waals surface area contributed by atoms with Crippen LogP contribution in [0.4, 0.5) is 13.2 Å². The summed E-state index contributed by atoms with van der Waals surface area (Å²) >= 11 is 0. The van der Waals surface area contributed by atoms with Gasteiger partial charge in [-0.25, -0.2) is 0 Å². The Bertz CT molecular complexity index is 939. The van der Waals surface area contributed by atoms with Crippen LogP contribution in [0.1, 0.15) is 35.6 Å². The van der Waals surface area contributed by atoms with Gasteiger partial charge in [0.05, 0.1) is 11.6 Å². The number of aliphatic imine (C=N–C) groups is 1. The Labute approximate surface area is 171 Å². The molecule has 0 unspecified atom stereocenters. The fraction of sp³-hybridized carbons (Fsp3) is 0.304. The molecule has 6 heteroatoms. The van der Waals surface area contributed by atoms with Crippen molar-refractivity contribution in [3.63, 3.8) is 0 Å². The predicted molar refractivity (Wildman–Crippen MR) is 113 cm³/mol. The molecule has 0 aliphatic rings. The highest BCUT2D eigenvalue weighted by Crippen LogP contribution is 2.29. The summed E-state index contributed by atoms with van der Waals surface area (Å²) in [6, 6.07) is 15.8. The average Bonchev–Trinajstić information content (AvgIpc) is 2.67. The smallest absolute Gasteiger partial charge is 0.265 e. The molecule has 0 aromatic heterocycles. The molecule has 0 spiro atoms. The number of hydrogen-bond acceptors (Lipinski definition) is 2. The summed E-state index contributed by atoms with van der Waals surface area (Å²) in [4.78, 5) is 4.58. The minimum Gasteiger partial charge on any atom is -0.265 e. The van der Waals surface area contributed by atoms with Gasteiger partial charge in [0.2, 0.25) is 0 Å². The van der Waals surface area contributed by atoms with Crippen molar-refractivity contribution in [2.45, 2.75) is 44.7 Å². The minimum absolute atomic E-state index is 0.116. The van der Waals surface area contributed by atoms with E-state index in [1.54, 1.807) is 0 Å². The summed E-state index contributed by atoms with van der Waals surface area (Å²) in [6.45, 7) is 6.52. The van der Waals surface area contributed by atoms with E-state index in [-0.39, 0.29) is 11.8 Å². The molecule has 0 radical (unpaired) electrons. The molecule has 0 N–H and O–H groups in total. The van der Waals surface area contributed by atoms with Crippen LogP contribution in [0, 0.1) is 22.8 Å². The zero-order valence-corrected chi connectivity index (χ0v) is 17.7. The highest BCUT2D eigenvalue weighted by Gasteiger charge is 2.30. The Balaban J connectivity index is 2.32. The fourth-order valence-electron chi connectivity index (χ4n) is 2.66. The minimum atomic E-state index is -4.41.